The molecule has 0 aliphatic carbocycles. The van der Waals surface area contributed by atoms with Gasteiger partial charge in [0.2, 0.25) is 11.2 Å². The van der Waals surface area contributed by atoms with E-state index in [4.69, 9.17) is 55.0 Å². The number of anilines is 3. The van der Waals surface area contributed by atoms with Crippen LogP contribution >= 0.6 is 34.8 Å². The molecular weight excluding hydrogens is 1340 g/mol. The maximum atomic E-state index is 13.6. The zero-order valence-electron chi connectivity index (χ0n) is 53.8. The fraction of sp³-hybridized carbons (Fsp3) is 0.257. The molecule has 2 saturated heterocycles. The lowest BCUT2D eigenvalue weighted by atomic mass is 10.0. The van der Waals surface area contributed by atoms with Crippen molar-refractivity contribution in [3.8, 4) is 22.5 Å². The van der Waals surface area contributed by atoms with E-state index in [0.29, 0.717) is 112 Å². The van der Waals surface area contributed by atoms with Gasteiger partial charge in [-0.25, -0.2) is 54.3 Å². The lowest BCUT2D eigenvalue weighted by molar-refractivity contribution is 0.0624. The molecule has 0 atom stereocenters. The second-order valence-corrected chi connectivity index (χ2v) is 29.6. The molecule has 0 saturated carbocycles. The molecule has 2 aliphatic rings. The number of carbonyl (C=O) groups excluding carboxylic acids is 4. The van der Waals surface area contributed by atoms with E-state index >= 15 is 0 Å². The van der Waals surface area contributed by atoms with Crippen LogP contribution in [-0.4, -0.2) is 128 Å². The van der Waals surface area contributed by atoms with Crippen LogP contribution in [-0.2, 0) is 29.5 Å². The number of halogens is 3. The predicted molar refractivity (Wildman–Crippen MR) is 377 cm³/mol. The number of likely N-dealkylation sites (tertiary alicyclic amines) is 2. The van der Waals surface area contributed by atoms with Crippen LogP contribution in [0.5, 0.6) is 0 Å². The molecule has 5 N–H and O–H groups in total. The van der Waals surface area contributed by atoms with E-state index in [1.54, 1.807) is 186 Å². The normalized spacial score (nSPS) is 14.0. The number of nitrogens with two attached hydrogens (primary N) is 1. The second-order valence-electron chi connectivity index (χ2n) is 24.8. The predicted octanol–water partition coefficient (Wildman–Crippen LogP) is 14.3. The number of carbonyl (C=O) groups is 4. The topological polar surface area (TPSA) is 285 Å². The Labute approximate surface area is 577 Å². The summed E-state index contributed by atoms with van der Waals surface area (Å²) in [6, 6.07) is 44.6. The molecule has 4 aromatic heterocycles. The molecule has 2 fully saturated rings. The van der Waals surface area contributed by atoms with E-state index in [9.17, 15) is 36.0 Å². The number of hydrogen-bond acceptors (Lipinski definition) is 16. The first-order valence-corrected chi connectivity index (χ1v) is 35.0. The number of fused-ring (bicyclic) bond motifs is 2. The van der Waals surface area contributed by atoms with Crippen molar-refractivity contribution in [2.45, 2.75) is 100 Å². The summed E-state index contributed by atoms with van der Waals surface area (Å²) in [5.41, 5.74) is 9.90. The molecule has 0 radical (unpaired) electrons. The van der Waals surface area contributed by atoms with Crippen LogP contribution in [0, 0.1) is 0 Å². The maximum Gasteiger partial charge on any atom is 0.412 e. The molecule has 27 heteroatoms. The number of hydrogen-bond donors (Lipinski definition) is 4. The van der Waals surface area contributed by atoms with Gasteiger partial charge in [-0.2, -0.15) is 0 Å². The molecular formula is C70H71Cl3N12O10S2. The smallest absolute Gasteiger partial charge is 0.412 e. The third-order valence-corrected chi connectivity index (χ3v) is 19.5. The van der Waals surface area contributed by atoms with Crippen LogP contribution in [0.2, 0.25) is 15.3 Å². The summed E-state index contributed by atoms with van der Waals surface area (Å²) in [5.74, 6) is 0.264. The average Bonchev–Trinajstić information content (AvgIpc) is 1.61. The molecule has 6 aromatic carbocycles. The summed E-state index contributed by atoms with van der Waals surface area (Å²) in [7, 11) is -7.66. The quantitative estimate of drug-likeness (QED) is 0.0827. The molecule has 0 bridgehead atoms. The van der Waals surface area contributed by atoms with Crippen LogP contribution in [0.4, 0.5) is 26.9 Å². The number of benzene rings is 6. The highest BCUT2D eigenvalue weighted by atomic mass is 35.5. The summed E-state index contributed by atoms with van der Waals surface area (Å²) < 4.78 is 66.4. The number of amides is 4. The summed E-state index contributed by atoms with van der Waals surface area (Å²) in [5, 5.41) is 10.7. The minimum Gasteiger partial charge on any atom is -0.444 e. The first kappa shape index (κ1) is 70.4. The molecule has 4 amide bonds. The molecule has 2 aliphatic heterocycles. The fourth-order valence-electron chi connectivity index (χ4n) is 10.8. The van der Waals surface area contributed by atoms with Crippen LogP contribution in [0.3, 0.4) is 0 Å². The zero-order valence-corrected chi connectivity index (χ0v) is 57.7. The summed E-state index contributed by atoms with van der Waals surface area (Å²) in [6.07, 6.45) is 7.90. The third kappa shape index (κ3) is 17.4. The SMILES string of the molecule is CC(C)(C)OC(=O)Nc1ccc(C(=O)N2CCC(N)CC2)cc1.CC(C)(C)OC(=O)Nc1ccc(C(=O)N2CCC(Nc3ncc(Cl)c(-c4cn(S(=O)(=O)c5ccccc5)c5ccccc45)n3)CC2)cc1.O=S(=O)(c1ccccc1)n1cc(-c2nc(Cl)ncc2Cl)c2ccccc21. The summed E-state index contributed by atoms with van der Waals surface area (Å²) >= 11 is 18.7. The Morgan fingerprint density at radius 2 is 0.887 bits per heavy atom. The van der Waals surface area contributed by atoms with E-state index in [2.05, 4.69) is 30.9 Å². The van der Waals surface area contributed by atoms with Crippen LogP contribution in [0.25, 0.3) is 44.3 Å². The summed E-state index contributed by atoms with van der Waals surface area (Å²) in [6.45, 7) is 13.2. The highest BCUT2D eigenvalue weighted by molar-refractivity contribution is 7.90. The Balaban J connectivity index is 0.000000175. The molecule has 0 spiro atoms. The maximum absolute atomic E-state index is 13.6. The number of para-hydroxylation sites is 2. The van der Waals surface area contributed by atoms with Crippen molar-refractivity contribution in [3.05, 3.63) is 209 Å². The number of rotatable bonds is 12. The molecule has 0 unspecified atom stereocenters. The number of aromatic nitrogens is 6. The van der Waals surface area contributed by atoms with E-state index in [1.165, 1.54) is 26.5 Å². The van der Waals surface area contributed by atoms with E-state index in [-0.39, 0.29) is 49.0 Å². The van der Waals surface area contributed by atoms with Gasteiger partial charge in [0.15, 0.2) is 0 Å². The van der Waals surface area contributed by atoms with Crippen molar-refractivity contribution < 1.29 is 45.5 Å². The van der Waals surface area contributed by atoms with Crippen molar-refractivity contribution in [2.75, 3.05) is 42.1 Å². The van der Waals surface area contributed by atoms with E-state index in [1.807, 2.05) is 29.2 Å². The second kappa shape index (κ2) is 29.9. The van der Waals surface area contributed by atoms with E-state index < -0.39 is 43.4 Å². The van der Waals surface area contributed by atoms with Crippen molar-refractivity contribution in [3.63, 3.8) is 0 Å². The minimum absolute atomic E-state index is 0.000665. The highest BCUT2D eigenvalue weighted by Gasteiger charge is 2.29. The minimum atomic E-state index is -3.88. The van der Waals surface area contributed by atoms with Crippen LogP contribution in [0.15, 0.2) is 192 Å². The fourth-order valence-corrected chi connectivity index (χ4v) is 14.1. The van der Waals surface area contributed by atoms with Gasteiger partial charge in [0.1, 0.15) is 11.2 Å². The van der Waals surface area contributed by atoms with Crippen LogP contribution in [0.1, 0.15) is 87.9 Å². The molecule has 6 heterocycles. The molecule has 12 rings (SSSR count). The third-order valence-electron chi connectivity index (χ3n) is 15.4. The lowest BCUT2D eigenvalue weighted by Gasteiger charge is -2.32. The van der Waals surface area contributed by atoms with Crippen molar-refractivity contribution >= 4 is 118 Å². The Kier molecular flexibility index (Phi) is 21.7. The Morgan fingerprint density at radius 1 is 0.505 bits per heavy atom. The van der Waals surface area contributed by atoms with Gasteiger partial charge in [-0.1, -0.05) is 96.0 Å². The summed E-state index contributed by atoms with van der Waals surface area (Å²) in [4.78, 5) is 70.5. The highest BCUT2D eigenvalue weighted by Crippen LogP contribution is 2.38. The Bertz CT molecular complexity index is 4730. The van der Waals surface area contributed by atoms with Gasteiger partial charge in [0.25, 0.3) is 31.9 Å². The molecule has 10 aromatic rings. The van der Waals surface area contributed by atoms with Crippen molar-refractivity contribution in [1.29, 1.82) is 0 Å². The van der Waals surface area contributed by atoms with E-state index in [0.717, 1.165) is 12.8 Å². The monoisotopic (exact) mass is 1410 g/mol. The molecule has 504 valence electrons. The van der Waals surface area contributed by atoms with Crippen molar-refractivity contribution in [2.24, 2.45) is 5.73 Å². The number of nitrogens with zero attached hydrogens (tertiary/aromatic N) is 8. The van der Waals surface area contributed by atoms with Crippen LogP contribution < -0.4 is 21.7 Å². The number of piperidine rings is 2. The van der Waals surface area contributed by atoms with Gasteiger partial charge >= 0.3 is 12.2 Å². The largest absolute Gasteiger partial charge is 0.444 e. The number of ether oxygens (including phenoxy) is 2. The van der Waals surface area contributed by atoms with Crippen molar-refractivity contribution in [1.82, 2.24) is 37.7 Å². The lowest BCUT2D eigenvalue weighted by Crippen LogP contribution is -2.42. The van der Waals surface area contributed by atoms with Gasteiger partial charge in [-0.05, 0) is 164 Å². The Morgan fingerprint density at radius 3 is 1.31 bits per heavy atom. The average molecular weight is 1410 g/mol. The van der Waals surface area contributed by atoms with Gasteiger partial charge < -0.3 is 30.3 Å². The van der Waals surface area contributed by atoms with Gasteiger partial charge in [-0.15, -0.1) is 0 Å². The first-order valence-electron chi connectivity index (χ1n) is 31.0. The first-order chi connectivity index (χ1) is 46.1. The number of nitrogens with one attached hydrogen (secondary N) is 3. The van der Waals surface area contributed by atoms with Gasteiger partial charge in [0, 0.05) is 95.1 Å². The Hall–Kier alpha value is -9.43. The molecule has 22 nitrogen and oxygen atoms in total. The van der Waals surface area contributed by atoms with Gasteiger partial charge in [0.05, 0.1) is 54.7 Å². The molecule has 97 heavy (non-hydrogen) atoms. The van der Waals surface area contributed by atoms with Gasteiger partial charge in [-0.3, -0.25) is 20.2 Å². The standard InChI is InChI=1S/C35H35ClN6O5S.C18H11Cl2N3O2S.C17H25N3O3/c1-35(2,3)47-34(44)39-24-15-13-23(14-16-24)32(43)41-19-17-25(18-20-41)38-33-37-21-29(36)31(40-33)28-22-42(30-12-8-7-11-27(28)30)48(45,46)26-9-5-4-6-10-26;19-15-10-21-18(20)22-17(15)14-11-23(16-9-5-4-8-13(14)16)26(24,25)12-6-2-1-3-7-12;1-17(2,3)23-16(22)19-14-6-4-12(5-7-14)15(21)20-10-8-13(18)9-11-20/h4-16,21-22,25H,17-20H2,1-3H3,(H,39,44)(H,37,38,40);1-11H;4-7,13H,8-11,18H2,1-3H3,(H,19,22). The zero-order chi connectivity index (χ0) is 69.4.